The lowest BCUT2D eigenvalue weighted by Crippen LogP contribution is -2.22. The molecule has 1 heterocycles. The van der Waals surface area contributed by atoms with Crippen molar-refractivity contribution in [2.24, 2.45) is 5.92 Å². The first-order chi connectivity index (χ1) is 16.3. The molecule has 3 N–H and O–H groups in total. The Kier molecular flexibility index (Phi) is 6.65. The summed E-state index contributed by atoms with van der Waals surface area (Å²) in [7, 11) is 0. The molecule has 3 aromatic rings. The smallest absolute Gasteiger partial charge is 0.406 e. The molecule has 2 aromatic carbocycles. The summed E-state index contributed by atoms with van der Waals surface area (Å²) >= 11 is 0. The average molecular weight is 467 g/mol. The standard InChI is InChI=1S/C24H20F3N5O2/c25-24(26,27)34-20-9-7-17(8-10-20)19-11-21(31-23(33)18-5-6-18)30-22(12-19)32-29-14-16-3-1-15(13-28)2-4-16/h1-4,7-12,18,29H,5-6,14H2,(H2,30,31,32,33). The lowest BCUT2D eigenvalue weighted by Gasteiger charge is -2.13. The van der Waals surface area contributed by atoms with Crippen molar-refractivity contribution in [1.29, 1.82) is 5.26 Å². The lowest BCUT2D eigenvalue weighted by molar-refractivity contribution is -0.274. The van der Waals surface area contributed by atoms with Crippen LogP contribution in [-0.2, 0) is 11.3 Å². The molecule has 1 aliphatic carbocycles. The molecule has 174 valence electrons. The van der Waals surface area contributed by atoms with Crippen LogP contribution in [0.15, 0.2) is 60.7 Å². The van der Waals surface area contributed by atoms with Crippen molar-refractivity contribution in [2.75, 3.05) is 10.7 Å². The number of nitrogens with zero attached hydrogens (tertiary/aromatic N) is 2. The zero-order valence-electron chi connectivity index (χ0n) is 17.8. The highest BCUT2D eigenvalue weighted by atomic mass is 19.4. The maximum atomic E-state index is 12.4. The van der Waals surface area contributed by atoms with Gasteiger partial charge in [0.1, 0.15) is 17.4 Å². The maximum absolute atomic E-state index is 12.4. The number of nitrogens with one attached hydrogen (secondary N) is 3. The van der Waals surface area contributed by atoms with Crippen molar-refractivity contribution < 1.29 is 22.7 Å². The highest BCUT2D eigenvalue weighted by molar-refractivity contribution is 5.94. The third kappa shape index (κ3) is 6.46. The summed E-state index contributed by atoms with van der Waals surface area (Å²) in [6.45, 7) is 0.435. The molecule has 0 bridgehead atoms. The maximum Gasteiger partial charge on any atom is 0.573 e. The fourth-order valence-electron chi connectivity index (χ4n) is 3.18. The van der Waals surface area contributed by atoms with E-state index in [-0.39, 0.29) is 17.6 Å². The van der Waals surface area contributed by atoms with E-state index in [9.17, 15) is 18.0 Å². The molecule has 1 aromatic heterocycles. The number of benzene rings is 2. The molecule has 7 nitrogen and oxygen atoms in total. The Balaban J connectivity index is 1.51. The van der Waals surface area contributed by atoms with Gasteiger partial charge in [-0.15, -0.1) is 13.2 Å². The third-order valence-electron chi connectivity index (χ3n) is 5.04. The van der Waals surface area contributed by atoms with Gasteiger partial charge in [-0.25, -0.2) is 10.4 Å². The fourth-order valence-corrected chi connectivity index (χ4v) is 3.18. The highest BCUT2D eigenvalue weighted by Gasteiger charge is 2.31. The minimum Gasteiger partial charge on any atom is -0.406 e. The normalized spacial score (nSPS) is 13.1. The van der Waals surface area contributed by atoms with Crippen LogP contribution >= 0.6 is 0 Å². The van der Waals surface area contributed by atoms with Crippen molar-refractivity contribution in [3.05, 3.63) is 71.8 Å². The minimum absolute atomic E-state index is 0.0184. The number of anilines is 2. The molecule has 0 atom stereocenters. The fraction of sp³-hybridized carbons (Fsp3) is 0.208. The summed E-state index contributed by atoms with van der Waals surface area (Å²) in [5, 5.41) is 11.7. The van der Waals surface area contributed by atoms with Crippen LogP contribution in [-0.4, -0.2) is 17.3 Å². The van der Waals surface area contributed by atoms with Crippen LogP contribution in [0.25, 0.3) is 11.1 Å². The van der Waals surface area contributed by atoms with Crippen molar-refractivity contribution in [1.82, 2.24) is 10.4 Å². The van der Waals surface area contributed by atoms with E-state index in [1.165, 1.54) is 24.3 Å². The average Bonchev–Trinajstić information content (AvgIpc) is 3.65. The summed E-state index contributed by atoms with van der Waals surface area (Å²) in [5.41, 5.74) is 8.77. The van der Waals surface area contributed by atoms with E-state index in [0.29, 0.717) is 34.9 Å². The van der Waals surface area contributed by atoms with E-state index >= 15 is 0 Å². The van der Waals surface area contributed by atoms with Gasteiger partial charge in [-0.3, -0.25) is 4.79 Å². The second-order valence-electron chi connectivity index (χ2n) is 7.75. The Hall–Kier alpha value is -4.10. The molecule has 0 spiro atoms. The van der Waals surface area contributed by atoms with Gasteiger partial charge in [-0.05, 0) is 65.9 Å². The number of hydrazine groups is 1. The number of pyridine rings is 1. The van der Waals surface area contributed by atoms with Crippen LogP contribution in [0.1, 0.15) is 24.0 Å². The minimum atomic E-state index is -4.77. The number of hydrogen-bond acceptors (Lipinski definition) is 6. The van der Waals surface area contributed by atoms with Crippen molar-refractivity contribution in [3.63, 3.8) is 0 Å². The van der Waals surface area contributed by atoms with E-state index in [1.54, 1.807) is 24.3 Å². The van der Waals surface area contributed by atoms with Crippen LogP contribution in [0.5, 0.6) is 5.75 Å². The number of carbonyl (C=O) groups excluding carboxylic acids is 1. The molecular formula is C24H20F3N5O2. The Morgan fingerprint density at radius 2 is 1.71 bits per heavy atom. The van der Waals surface area contributed by atoms with Gasteiger partial charge in [-0.2, -0.15) is 5.26 Å². The van der Waals surface area contributed by atoms with Gasteiger partial charge in [0.15, 0.2) is 0 Å². The second-order valence-corrected chi connectivity index (χ2v) is 7.75. The van der Waals surface area contributed by atoms with Crippen LogP contribution in [0.4, 0.5) is 24.8 Å². The molecule has 0 saturated heterocycles. The molecular weight excluding hydrogens is 447 g/mol. The van der Waals surface area contributed by atoms with Gasteiger partial charge in [-0.1, -0.05) is 24.3 Å². The number of halogens is 3. The van der Waals surface area contributed by atoms with Crippen molar-refractivity contribution >= 4 is 17.5 Å². The summed E-state index contributed by atoms with van der Waals surface area (Å²) in [6.07, 6.45) is -3.09. The van der Waals surface area contributed by atoms with Crippen molar-refractivity contribution in [3.8, 4) is 22.9 Å². The summed E-state index contributed by atoms with van der Waals surface area (Å²) in [4.78, 5) is 16.6. The molecule has 4 rings (SSSR count). The first-order valence-corrected chi connectivity index (χ1v) is 10.5. The van der Waals surface area contributed by atoms with Gasteiger partial charge in [0.2, 0.25) is 5.91 Å². The number of rotatable bonds is 8. The number of ether oxygens (including phenoxy) is 1. The predicted octanol–water partition coefficient (Wildman–Crippen LogP) is 4.98. The Bertz CT molecular complexity index is 1200. The van der Waals surface area contributed by atoms with E-state index in [0.717, 1.165) is 18.4 Å². The molecule has 0 radical (unpaired) electrons. The number of aromatic nitrogens is 1. The third-order valence-corrected chi connectivity index (χ3v) is 5.04. The summed E-state index contributed by atoms with van der Waals surface area (Å²) in [5.74, 6) is 0.279. The molecule has 0 aliphatic heterocycles. The van der Waals surface area contributed by atoms with Gasteiger partial charge in [0.05, 0.1) is 11.6 Å². The molecule has 1 aliphatic rings. The Morgan fingerprint density at radius 3 is 2.32 bits per heavy atom. The number of nitriles is 1. The highest BCUT2D eigenvalue weighted by Crippen LogP contribution is 2.32. The van der Waals surface area contributed by atoms with Crippen LogP contribution in [0.3, 0.4) is 0 Å². The van der Waals surface area contributed by atoms with Gasteiger partial charge >= 0.3 is 6.36 Å². The van der Waals surface area contributed by atoms with Crippen LogP contribution in [0.2, 0.25) is 0 Å². The number of hydrogen-bond donors (Lipinski definition) is 3. The topological polar surface area (TPSA) is 99.1 Å². The van der Waals surface area contributed by atoms with Crippen molar-refractivity contribution in [2.45, 2.75) is 25.7 Å². The number of amides is 1. The van der Waals surface area contributed by atoms with Crippen LogP contribution in [0, 0.1) is 17.2 Å². The largest absolute Gasteiger partial charge is 0.573 e. The van der Waals surface area contributed by atoms with E-state index < -0.39 is 6.36 Å². The van der Waals surface area contributed by atoms with E-state index in [4.69, 9.17) is 5.26 Å². The molecule has 34 heavy (non-hydrogen) atoms. The van der Waals surface area contributed by atoms with E-state index in [2.05, 4.69) is 32.0 Å². The quantitative estimate of drug-likeness (QED) is 0.404. The molecule has 1 amide bonds. The Morgan fingerprint density at radius 1 is 1.03 bits per heavy atom. The monoisotopic (exact) mass is 467 g/mol. The summed E-state index contributed by atoms with van der Waals surface area (Å²) in [6, 6.07) is 17.9. The second kappa shape index (κ2) is 9.80. The molecule has 1 fully saturated rings. The number of alkyl halides is 3. The van der Waals surface area contributed by atoms with Gasteiger partial charge < -0.3 is 15.5 Å². The summed E-state index contributed by atoms with van der Waals surface area (Å²) < 4.78 is 41.2. The number of carbonyl (C=O) groups is 1. The first kappa shape index (κ1) is 23.1. The lowest BCUT2D eigenvalue weighted by atomic mass is 10.1. The molecule has 10 heteroatoms. The van der Waals surface area contributed by atoms with Crippen LogP contribution < -0.4 is 20.9 Å². The first-order valence-electron chi connectivity index (χ1n) is 10.5. The zero-order chi connectivity index (χ0) is 24.1. The molecule has 1 saturated carbocycles. The van der Waals surface area contributed by atoms with E-state index in [1.807, 2.05) is 12.1 Å². The van der Waals surface area contributed by atoms with Gasteiger partial charge in [0.25, 0.3) is 0 Å². The predicted molar refractivity (Wildman–Crippen MR) is 119 cm³/mol. The Labute approximate surface area is 193 Å². The van der Waals surface area contributed by atoms with Gasteiger partial charge in [0, 0.05) is 12.5 Å². The zero-order valence-corrected chi connectivity index (χ0v) is 17.8. The molecule has 0 unspecified atom stereocenters. The SMILES string of the molecule is N#Cc1ccc(CNNc2cc(-c3ccc(OC(F)(F)F)cc3)cc(NC(=O)C3CC3)n2)cc1.